The van der Waals surface area contributed by atoms with Gasteiger partial charge < -0.3 is 4.57 Å². The van der Waals surface area contributed by atoms with Crippen molar-refractivity contribution in [2.24, 2.45) is 0 Å². The fraction of sp³-hybridized carbons (Fsp3) is 0. The van der Waals surface area contributed by atoms with Gasteiger partial charge in [0.1, 0.15) is 0 Å². The van der Waals surface area contributed by atoms with Crippen molar-refractivity contribution in [1.82, 2.24) is 24.1 Å². The van der Waals surface area contributed by atoms with Crippen LogP contribution < -0.4 is 0 Å². The molecule has 0 saturated carbocycles. The third kappa shape index (κ3) is 5.21. The van der Waals surface area contributed by atoms with Crippen LogP contribution in [0.4, 0.5) is 0 Å². The van der Waals surface area contributed by atoms with Crippen molar-refractivity contribution < 1.29 is 0 Å². The van der Waals surface area contributed by atoms with Crippen LogP contribution in [0.3, 0.4) is 0 Å². The molecule has 3 heterocycles. The second kappa shape index (κ2) is 13.0. The van der Waals surface area contributed by atoms with Crippen molar-refractivity contribution in [3.8, 4) is 56.7 Å². The highest BCUT2D eigenvalue weighted by atomic mass is 15.2. The second-order valence-electron chi connectivity index (χ2n) is 14.1. The molecule has 0 unspecified atom stereocenters. The van der Waals surface area contributed by atoms with Crippen LogP contribution in [0.2, 0.25) is 0 Å². The maximum absolute atomic E-state index is 5.30. The van der Waals surface area contributed by atoms with Crippen molar-refractivity contribution in [1.29, 1.82) is 0 Å². The fourth-order valence-corrected chi connectivity index (χ4v) is 8.19. The van der Waals surface area contributed by atoms with Crippen LogP contribution in [0.1, 0.15) is 0 Å². The van der Waals surface area contributed by atoms with Crippen LogP contribution in [0, 0.1) is 0 Å². The van der Waals surface area contributed by atoms with Gasteiger partial charge in [0, 0.05) is 38.4 Å². The summed E-state index contributed by atoms with van der Waals surface area (Å²) in [5.41, 5.74) is 11.9. The first-order valence-corrected chi connectivity index (χ1v) is 18.9. The molecule has 0 aliphatic rings. The molecule has 0 aliphatic heterocycles. The molecule has 0 atom stereocenters. The molecular formula is C51H33N5. The van der Waals surface area contributed by atoms with Gasteiger partial charge in [0.05, 0.1) is 22.1 Å². The summed E-state index contributed by atoms with van der Waals surface area (Å²) < 4.78 is 4.65. The van der Waals surface area contributed by atoms with E-state index in [2.05, 4.69) is 173 Å². The van der Waals surface area contributed by atoms with Gasteiger partial charge in [0.2, 0.25) is 5.95 Å². The summed E-state index contributed by atoms with van der Waals surface area (Å²) in [5.74, 6) is 1.81. The second-order valence-corrected chi connectivity index (χ2v) is 14.1. The summed E-state index contributed by atoms with van der Waals surface area (Å²) in [5, 5.41) is 4.56. The molecule has 11 aromatic rings. The molecule has 262 valence electrons. The first-order valence-electron chi connectivity index (χ1n) is 18.9. The Balaban J connectivity index is 1.31. The van der Waals surface area contributed by atoms with Crippen molar-refractivity contribution in [2.75, 3.05) is 0 Å². The first kappa shape index (κ1) is 31.9. The summed E-state index contributed by atoms with van der Waals surface area (Å²) in [6.07, 6.45) is 0. The van der Waals surface area contributed by atoms with E-state index in [1.807, 2.05) is 36.4 Å². The molecule has 11 rings (SSSR count). The Hall–Kier alpha value is -7.63. The maximum atomic E-state index is 5.30. The summed E-state index contributed by atoms with van der Waals surface area (Å²) >= 11 is 0. The van der Waals surface area contributed by atoms with E-state index in [0.29, 0.717) is 17.6 Å². The Morgan fingerprint density at radius 1 is 0.304 bits per heavy atom. The van der Waals surface area contributed by atoms with Gasteiger partial charge in [-0.15, -0.1) is 0 Å². The minimum absolute atomic E-state index is 0.567. The number of para-hydroxylation sites is 1. The molecule has 0 aliphatic carbocycles. The Morgan fingerprint density at radius 2 is 0.750 bits per heavy atom. The van der Waals surface area contributed by atoms with Crippen molar-refractivity contribution >= 4 is 43.6 Å². The van der Waals surface area contributed by atoms with Crippen LogP contribution in [-0.4, -0.2) is 24.1 Å². The minimum atomic E-state index is 0.567. The number of hydrogen-bond donors (Lipinski definition) is 0. The fourth-order valence-electron chi connectivity index (χ4n) is 8.19. The summed E-state index contributed by atoms with van der Waals surface area (Å²) in [7, 11) is 0. The zero-order valence-corrected chi connectivity index (χ0v) is 30.3. The lowest BCUT2D eigenvalue weighted by atomic mass is 10.0. The zero-order valence-electron chi connectivity index (χ0n) is 30.3. The van der Waals surface area contributed by atoms with Crippen LogP contribution in [0.5, 0.6) is 0 Å². The van der Waals surface area contributed by atoms with Gasteiger partial charge >= 0.3 is 0 Å². The molecule has 0 N–H and O–H groups in total. The van der Waals surface area contributed by atoms with E-state index in [0.717, 1.165) is 71.6 Å². The van der Waals surface area contributed by atoms with E-state index < -0.39 is 0 Å². The summed E-state index contributed by atoms with van der Waals surface area (Å²) in [6, 6.07) is 70.4. The van der Waals surface area contributed by atoms with E-state index in [9.17, 15) is 0 Å². The average Bonchev–Trinajstić information content (AvgIpc) is 3.80. The number of aromatic nitrogens is 5. The molecule has 0 spiro atoms. The molecule has 56 heavy (non-hydrogen) atoms. The molecule has 0 fully saturated rings. The van der Waals surface area contributed by atoms with Gasteiger partial charge in [0.15, 0.2) is 11.6 Å². The number of rotatable bonds is 6. The predicted octanol–water partition coefficient (Wildman–Crippen LogP) is 12.7. The molecule has 0 saturated heterocycles. The quantitative estimate of drug-likeness (QED) is 0.172. The van der Waals surface area contributed by atoms with E-state index >= 15 is 0 Å². The lowest BCUT2D eigenvalue weighted by Gasteiger charge is -2.12. The smallest absolute Gasteiger partial charge is 0.238 e. The molecule has 5 heteroatoms. The lowest BCUT2D eigenvalue weighted by molar-refractivity contribution is 0.955. The van der Waals surface area contributed by atoms with Gasteiger partial charge in [-0.1, -0.05) is 158 Å². The topological polar surface area (TPSA) is 48.5 Å². The first-order chi connectivity index (χ1) is 27.8. The zero-order chi connectivity index (χ0) is 37.0. The standard InChI is InChI=1S/C51H33N5/c1-6-16-34(17-7-1)38-26-29-44-42(32-38)41-28-31-46-47(43-33-39(35-18-8-2-9-19-35)27-30-45(43)55(46)40-24-14-5-15-25-40)48(41)56(44)51-53-49(36-20-10-3-11-21-36)52-50(54-51)37-22-12-4-13-23-37/h1-33H. The van der Waals surface area contributed by atoms with Crippen LogP contribution in [0.15, 0.2) is 200 Å². The van der Waals surface area contributed by atoms with Crippen molar-refractivity contribution in [2.45, 2.75) is 0 Å². The number of nitrogens with zero attached hydrogens (tertiary/aromatic N) is 5. The summed E-state index contributed by atoms with van der Waals surface area (Å²) in [6.45, 7) is 0. The largest absolute Gasteiger partial charge is 0.309 e. The van der Waals surface area contributed by atoms with Gasteiger partial charge in [-0.25, -0.2) is 4.98 Å². The Labute approximate surface area is 323 Å². The Morgan fingerprint density at radius 3 is 1.29 bits per heavy atom. The highest BCUT2D eigenvalue weighted by Crippen LogP contribution is 2.43. The van der Waals surface area contributed by atoms with Crippen LogP contribution in [0.25, 0.3) is 100 Å². The Kier molecular flexibility index (Phi) is 7.42. The van der Waals surface area contributed by atoms with Gasteiger partial charge in [-0.3, -0.25) is 4.57 Å². The molecular weight excluding hydrogens is 683 g/mol. The molecule has 3 aromatic heterocycles. The number of hydrogen-bond acceptors (Lipinski definition) is 3. The number of fused-ring (bicyclic) bond motifs is 7. The minimum Gasteiger partial charge on any atom is -0.309 e. The normalized spacial score (nSPS) is 11.6. The van der Waals surface area contributed by atoms with Gasteiger partial charge in [-0.05, 0) is 64.7 Å². The third-order valence-electron chi connectivity index (χ3n) is 10.8. The van der Waals surface area contributed by atoms with Crippen molar-refractivity contribution in [3.63, 3.8) is 0 Å². The van der Waals surface area contributed by atoms with E-state index in [4.69, 9.17) is 15.0 Å². The Bertz CT molecular complexity index is 3150. The molecule has 8 aromatic carbocycles. The molecule has 0 amide bonds. The molecule has 5 nitrogen and oxygen atoms in total. The van der Waals surface area contributed by atoms with Gasteiger partial charge in [0.25, 0.3) is 0 Å². The number of benzene rings is 8. The van der Waals surface area contributed by atoms with E-state index in [1.165, 1.54) is 11.1 Å². The maximum Gasteiger partial charge on any atom is 0.238 e. The van der Waals surface area contributed by atoms with Crippen LogP contribution in [-0.2, 0) is 0 Å². The van der Waals surface area contributed by atoms with Crippen molar-refractivity contribution in [3.05, 3.63) is 200 Å². The molecule has 0 radical (unpaired) electrons. The monoisotopic (exact) mass is 715 g/mol. The SMILES string of the molecule is c1ccc(-c2ccc3c(c2)c2c(ccc4c5cc(-c6ccccc6)ccc5n(-c5nc(-c6ccccc6)nc(-c6ccccc6)n5)c42)n3-c2ccccc2)cc1. The average molecular weight is 716 g/mol. The van der Waals surface area contributed by atoms with E-state index in [-0.39, 0.29) is 0 Å². The highest BCUT2D eigenvalue weighted by molar-refractivity contribution is 6.26. The third-order valence-corrected chi connectivity index (χ3v) is 10.8. The highest BCUT2D eigenvalue weighted by Gasteiger charge is 2.24. The summed E-state index contributed by atoms with van der Waals surface area (Å²) in [4.78, 5) is 15.7. The van der Waals surface area contributed by atoms with Crippen LogP contribution >= 0.6 is 0 Å². The lowest BCUT2D eigenvalue weighted by Crippen LogP contribution is -2.06. The molecule has 0 bridgehead atoms. The van der Waals surface area contributed by atoms with Gasteiger partial charge in [-0.2, -0.15) is 9.97 Å². The van der Waals surface area contributed by atoms with E-state index in [1.54, 1.807) is 0 Å². The predicted molar refractivity (Wildman–Crippen MR) is 230 cm³/mol.